The Balaban J connectivity index is 1.79. The molecular formula is C29H35F3N2O. The fourth-order valence-electron chi connectivity index (χ4n) is 4.57. The highest BCUT2D eigenvalue weighted by Gasteiger charge is 2.30. The Bertz CT molecular complexity index is 1100. The first kappa shape index (κ1) is 26.6. The van der Waals surface area contributed by atoms with Crippen LogP contribution in [-0.2, 0) is 30.6 Å². The minimum absolute atomic E-state index is 0.0809. The monoisotopic (exact) mass is 484 g/mol. The van der Waals surface area contributed by atoms with E-state index in [4.69, 9.17) is 0 Å². The smallest absolute Gasteiger partial charge is 0.345 e. The highest BCUT2D eigenvalue weighted by Crippen LogP contribution is 2.30. The average molecular weight is 485 g/mol. The Kier molecular flexibility index (Phi) is 8.47. The molecule has 0 saturated carbocycles. The van der Waals surface area contributed by atoms with Crippen LogP contribution in [0.5, 0.6) is 0 Å². The molecule has 0 spiro atoms. The van der Waals surface area contributed by atoms with Gasteiger partial charge in [0.1, 0.15) is 0 Å². The third-order valence-electron chi connectivity index (χ3n) is 5.94. The molecule has 188 valence electrons. The number of hydrogen-bond donors (Lipinski definition) is 0. The summed E-state index contributed by atoms with van der Waals surface area (Å²) in [7, 11) is 0. The Morgan fingerprint density at radius 3 is 2.26 bits per heavy atom. The van der Waals surface area contributed by atoms with Crippen molar-refractivity contribution in [3.8, 4) is 0 Å². The van der Waals surface area contributed by atoms with E-state index in [9.17, 15) is 18.0 Å². The van der Waals surface area contributed by atoms with E-state index in [-0.39, 0.29) is 17.2 Å². The summed E-state index contributed by atoms with van der Waals surface area (Å²) in [4.78, 5) is 15.2. The third-order valence-corrected chi connectivity index (χ3v) is 5.94. The van der Waals surface area contributed by atoms with Crippen molar-refractivity contribution in [2.45, 2.75) is 66.3 Å². The van der Waals surface area contributed by atoms with E-state index in [1.165, 1.54) is 12.1 Å². The summed E-state index contributed by atoms with van der Waals surface area (Å²) in [6.45, 7) is 9.82. The van der Waals surface area contributed by atoms with E-state index in [0.717, 1.165) is 23.7 Å². The molecule has 35 heavy (non-hydrogen) atoms. The Morgan fingerprint density at radius 1 is 0.914 bits per heavy atom. The lowest BCUT2D eigenvalue weighted by Crippen LogP contribution is -2.32. The molecule has 1 unspecified atom stereocenters. The maximum absolute atomic E-state index is 13.4. The zero-order chi connectivity index (χ0) is 25.6. The second-order valence-electron chi connectivity index (χ2n) is 10.6. The van der Waals surface area contributed by atoms with Gasteiger partial charge in [-0.3, -0.25) is 4.79 Å². The summed E-state index contributed by atoms with van der Waals surface area (Å²) in [6, 6.07) is 19.1. The van der Waals surface area contributed by atoms with Gasteiger partial charge in [-0.15, -0.1) is 0 Å². The maximum Gasteiger partial charge on any atom is 0.416 e. The number of halogens is 3. The van der Waals surface area contributed by atoms with Gasteiger partial charge < -0.3 is 9.47 Å². The minimum atomic E-state index is -4.38. The van der Waals surface area contributed by atoms with Crippen molar-refractivity contribution < 1.29 is 18.0 Å². The number of benzene rings is 2. The van der Waals surface area contributed by atoms with Crippen LogP contribution in [0, 0.1) is 11.3 Å². The lowest BCUT2D eigenvalue weighted by Gasteiger charge is -2.27. The molecule has 0 fully saturated rings. The molecule has 0 N–H and O–H groups in total. The first-order valence-corrected chi connectivity index (χ1v) is 12.0. The highest BCUT2D eigenvalue weighted by molar-refractivity contribution is 5.76. The van der Waals surface area contributed by atoms with E-state index < -0.39 is 11.7 Å². The van der Waals surface area contributed by atoms with Gasteiger partial charge >= 0.3 is 6.18 Å². The largest absolute Gasteiger partial charge is 0.416 e. The molecule has 3 nitrogen and oxygen atoms in total. The van der Waals surface area contributed by atoms with Gasteiger partial charge in [-0.1, -0.05) is 70.2 Å². The molecule has 3 rings (SSSR count). The maximum atomic E-state index is 13.4. The molecule has 2 aromatic carbocycles. The highest BCUT2D eigenvalue weighted by atomic mass is 19.4. The van der Waals surface area contributed by atoms with Crippen molar-refractivity contribution >= 4 is 5.91 Å². The predicted molar refractivity (Wildman–Crippen MR) is 134 cm³/mol. The number of aromatic nitrogens is 1. The van der Waals surface area contributed by atoms with Crippen LogP contribution in [0.3, 0.4) is 0 Å². The van der Waals surface area contributed by atoms with Crippen molar-refractivity contribution in [3.05, 3.63) is 95.3 Å². The van der Waals surface area contributed by atoms with Crippen LogP contribution < -0.4 is 0 Å². The zero-order valence-corrected chi connectivity index (χ0v) is 21.0. The third kappa shape index (κ3) is 8.30. The van der Waals surface area contributed by atoms with Crippen LogP contribution >= 0.6 is 0 Å². The molecule has 1 atom stereocenters. The molecule has 6 heteroatoms. The zero-order valence-electron chi connectivity index (χ0n) is 21.0. The molecule has 1 aromatic heterocycles. The first-order valence-electron chi connectivity index (χ1n) is 12.0. The first-order chi connectivity index (χ1) is 16.4. The molecule has 0 bridgehead atoms. The molecule has 0 aliphatic carbocycles. The molecule has 1 amide bonds. The van der Waals surface area contributed by atoms with Crippen LogP contribution in [0.2, 0.25) is 0 Å². The van der Waals surface area contributed by atoms with Gasteiger partial charge in [0.25, 0.3) is 0 Å². The van der Waals surface area contributed by atoms with Gasteiger partial charge in [0.15, 0.2) is 0 Å². The van der Waals surface area contributed by atoms with Crippen LogP contribution in [0.25, 0.3) is 0 Å². The van der Waals surface area contributed by atoms with Crippen LogP contribution in [0.4, 0.5) is 13.2 Å². The fourth-order valence-corrected chi connectivity index (χ4v) is 4.57. The SMILES string of the molecule is CC(CC(=O)N(Cc1ccccc1)Cc1cccn1Cc1cccc(C(F)(F)F)c1)CC(C)(C)C. The van der Waals surface area contributed by atoms with E-state index >= 15 is 0 Å². The van der Waals surface area contributed by atoms with Gasteiger partial charge in [0, 0.05) is 31.4 Å². The molecular weight excluding hydrogens is 449 g/mol. The lowest BCUT2D eigenvalue weighted by molar-refractivity contribution is -0.137. The van der Waals surface area contributed by atoms with E-state index in [0.29, 0.717) is 31.6 Å². The number of carbonyl (C=O) groups is 1. The van der Waals surface area contributed by atoms with Crippen molar-refractivity contribution in [3.63, 3.8) is 0 Å². The number of amides is 1. The number of nitrogens with zero attached hydrogens (tertiary/aromatic N) is 2. The average Bonchev–Trinajstić information content (AvgIpc) is 3.18. The molecule has 0 aliphatic rings. The Hall–Kier alpha value is -3.02. The minimum Gasteiger partial charge on any atom is -0.345 e. The summed E-state index contributed by atoms with van der Waals surface area (Å²) in [5.74, 6) is 0.329. The summed E-state index contributed by atoms with van der Waals surface area (Å²) in [5, 5.41) is 0. The molecule has 0 saturated heterocycles. The summed E-state index contributed by atoms with van der Waals surface area (Å²) in [6.07, 6.45) is -1.12. The number of hydrogen-bond acceptors (Lipinski definition) is 1. The van der Waals surface area contributed by atoms with Crippen molar-refractivity contribution in [2.75, 3.05) is 0 Å². The van der Waals surface area contributed by atoms with Crippen LogP contribution in [0.1, 0.15) is 62.9 Å². The second-order valence-corrected chi connectivity index (χ2v) is 10.6. The van der Waals surface area contributed by atoms with Crippen molar-refractivity contribution in [1.29, 1.82) is 0 Å². The van der Waals surface area contributed by atoms with Gasteiger partial charge in [0.2, 0.25) is 5.91 Å². The van der Waals surface area contributed by atoms with Gasteiger partial charge in [0.05, 0.1) is 12.1 Å². The quantitative estimate of drug-likeness (QED) is 0.308. The van der Waals surface area contributed by atoms with Crippen LogP contribution in [0.15, 0.2) is 72.9 Å². The fraction of sp³-hybridized carbons (Fsp3) is 0.414. The van der Waals surface area contributed by atoms with Crippen molar-refractivity contribution in [2.24, 2.45) is 11.3 Å². The summed E-state index contributed by atoms with van der Waals surface area (Å²) in [5.41, 5.74) is 1.98. The molecule has 0 radical (unpaired) electrons. The molecule has 0 aliphatic heterocycles. The normalized spacial score (nSPS) is 13.0. The standard InChI is InChI=1S/C29H35F3N2O/c1-22(18-28(2,3)4)16-27(35)34(19-23-10-6-5-7-11-23)21-26-14-9-15-33(26)20-24-12-8-13-25(17-24)29(30,31)32/h5-15,17,22H,16,18-21H2,1-4H3. The van der Waals surface area contributed by atoms with E-state index in [1.807, 2.05) is 58.1 Å². The van der Waals surface area contributed by atoms with Gasteiger partial charge in [-0.05, 0) is 53.1 Å². The van der Waals surface area contributed by atoms with Crippen LogP contribution in [-0.4, -0.2) is 15.4 Å². The topological polar surface area (TPSA) is 25.2 Å². The Labute approximate surface area is 206 Å². The van der Waals surface area contributed by atoms with E-state index in [2.05, 4.69) is 27.7 Å². The van der Waals surface area contributed by atoms with Crippen molar-refractivity contribution in [1.82, 2.24) is 9.47 Å². The number of alkyl halides is 3. The van der Waals surface area contributed by atoms with Gasteiger partial charge in [-0.2, -0.15) is 13.2 Å². The Morgan fingerprint density at radius 2 is 1.60 bits per heavy atom. The van der Waals surface area contributed by atoms with E-state index in [1.54, 1.807) is 6.07 Å². The number of carbonyl (C=O) groups excluding carboxylic acids is 1. The second kappa shape index (κ2) is 11.1. The number of rotatable bonds is 9. The summed E-state index contributed by atoms with van der Waals surface area (Å²) < 4.78 is 41.4. The predicted octanol–water partition coefficient (Wildman–Crippen LogP) is 7.55. The van der Waals surface area contributed by atoms with Gasteiger partial charge in [-0.25, -0.2) is 0 Å². The summed E-state index contributed by atoms with van der Waals surface area (Å²) >= 11 is 0. The lowest BCUT2D eigenvalue weighted by atomic mass is 9.84. The molecule has 3 aromatic rings. The molecule has 1 heterocycles.